The summed E-state index contributed by atoms with van der Waals surface area (Å²) in [6.45, 7) is 9.31. The summed E-state index contributed by atoms with van der Waals surface area (Å²) in [7, 11) is 0. The van der Waals surface area contributed by atoms with Crippen molar-refractivity contribution in [2.45, 2.75) is 162 Å². The van der Waals surface area contributed by atoms with Gasteiger partial charge in [-0.1, -0.05) is 129 Å². The zero-order chi connectivity index (χ0) is 22.4. The fourth-order valence-corrected chi connectivity index (χ4v) is 5.03. The van der Waals surface area contributed by atoms with Gasteiger partial charge in [0, 0.05) is 25.5 Å². The Balaban J connectivity index is 2.01. The van der Waals surface area contributed by atoms with Gasteiger partial charge >= 0.3 is 0 Å². The summed E-state index contributed by atoms with van der Waals surface area (Å²) in [6, 6.07) is 0. The highest BCUT2D eigenvalue weighted by molar-refractivity contribution is 4.96. The Morgan fingerprint density at radius 3 is 1.29 bits per heavy atom. The van der Waals surface area contributed by atoms with E-state index < -0.39 is 0 Å². The van der Waals surface area contributed by atoms with E-state index >= 15 is 0 Å². The molecule has 2 nitrogen and oxygen atoms in total. The summed E-state index contributed by atoms with van der Waals surface area (Å²) < 4.78 is 0. The third kappa shape index (κ3) is 14.9. The molecule has 0 bridgehead atoms. The lowest BCUT2D eigenvalue weighted by Crippen LogP contribution is -2.38. The van der Waals surface area contributed by atoms with E-state index in [1.165, 1.54) is 141 Å². The number of nitrogens with zero attached hydrogens (tertiary/aromatic N) is 2. The lowest BCUT2D eigenvalue weighted by Gasteiger charge is -2.32. The minimum atomic E-state index is 0.637. The molecular weight excluding hydrogens is 376 g/mol. The largest absolute Gasteiger partial charge is 0.356 e. The van der Waals surface area contributed by atoms with Gasteiger partial charge in [-0.15, -0.1) is 0 Å². The third-order valence-corrected chi connectivity index (χ3v) is 7.17. The maximum atomic E-state index is 2.64. The van der Waals surface area contributed by atoms with Crippen LogP contribution in [0.4, 0.5) is 0 Å². The van der Waals surface area contributed by atoms with Gasteiger partial charge < -0.3 is 9.80 Å². The van der Waals surface area contributed by atoms with Crippen LogP contribution in [0, 0.1) is 0 Å². The van der Waals surface area contributed by atoms with Crippen LogP contribution in [-0.4, -0.2) is 29.1 Å². The van der Waals surface area contributed by atoms with Gasteiger partial charge in [-0.2, -0.15) is 0 Å². The van der Waals surface area contributed by atoms with Gasteiger partial charge in [-0.3, -0.25) is 0 Å². The molecule has 0 aromatic carbocycles. The quantitative estimate of drug-likeness (QED) is 0.148. The van der Waals surface area contributed by atoms with Crippen molar-refractivity contribution in [1.29, 1.82) is 0 Å². The monoisotopic (exact) mass is 434 g/mol. The minimum absolute atomic E-state index is 0.637. The lowest BCUT2D eigenvalue weighted by molar-refractivity contribution is 0.142. The topological polar surface area (TPSA) is 6.48 Å². The first kappa shape index (κ1) is 28.4. The van der Waals surface area contributed by atoms with Crippen molar-refractivity contribution in [1.82, 2.24) is 9.80 Å². The van der Waals surface area contributed by atoms with Crippen molar-refractivity contribution in [2.24, 2.45) is 0 Å². The molecule has 184 valence electrons. The average molecular weight is 435 g/mol. The van der Waals surface area contributed by atoms with Gasteiger partial charge in [0.15, 0.2) is 0 Å². The maximum Gasteiger partial charge on any atom is 0.101 e. The summed E-state index contributed by atoms with van der Waals surface area (Å²) in [4.78, 5) is 5.20. The third-order valence-electron chi connectivity index (χ3n) is 7.17. The molecule has 0 aromatic heterocycles. The van der Waals surface area contributed by atoms with Crippen molar-refractivity contribution in [3.63, 3.8) is 0 Å². The second-order valence-corrected chi connectivity index (χ2v) is 10.00. The Morgan fingerprint density at radius 1 is 0.452 bits per heavy atom. The molecule has 2 heteroatoms. The van der Waals surface area contributed by atoms with Gasteiger partial charge in [-0.25, -0.2) is 0 Å². The van der Waals surface area contributed by atoms with Gasteiger partial charge in [-0.05, 0) is 26.2 Å². The second kappa shape index (κ2) is 21.2. The molecular formula is C29H58N2. The molecule has 0 spiro atoms. The molecule has 0 fully saturated rings. The minimum Gasteiger partial charge on any atom is -0.356 e. The SMILES string of the molecule is CCCCCCCCCCCCCCC1N(CC)C=CN1CCCCCCCCCC. The molecule has 1 heterocycles. The van der Waals surface area contributed by atoms with Crippen molar-refractivity contribution >= 4 is 0 Å². The Kier molecular flexibility index (Phi) is 19.4. The van der Waals surface area contributed by atoms with E-state index in [1.54, 1.807) is 0 Å². The zero-order valence-corrected chi connectivity index (χ0v) is 21.9. The predicted molar refractivity (Wildman–Crippen MR) is 140 cm³/mol. The van der Waals surface area contributed by atoms with Crippen LogP contribution in [0.5, 0.6) is 0 Å². The van der Waals surface area contributed by atoms with Crippen LogP contribution in [0.1, 0.15) is 156 Å². The normalized spacial score (nSPS) is 16.0. The Hall–Kier alpha value is -0.660. The summed E-state index contributed by atoms with van der Waals surface area (Å²) in [5.41, 5.74) is 0. The van der Waals surface area contributed by atoms with Gasteiger partial charge in [0.25, 0.3) is 0 Å². The van der Waals surface area contributed by atoms with Gasteiger partial charge in [0.2, 0.25) is 0 Å². The molecule has 0 radical (unpaired) electrons. The van der Waals surface area contributed by atoms with Crippen molar-refractivity contribution in [2.75, 3.05) is 13.1 Å². The molecule has 0 aliphatic carbocycles. The molecule has 0 saturated heterocycles. The lowest BCUT2D eigenvalue weighted by atomic mass is 10.0. The van der Waals surface area contributed by atoms with Gasteiger partial charge in [0.1, 0.15) is 6.17 Å². The zero-order valence-electron chi connectivity index (χ0n) is 21.9. The Bertz CT molecular complexity index is 392. The van der Waals surface area contributed by atoms with Gasteiger partial charge in [0.05, 0.1) is 0 Å². The number of unbranched alkanes of at least 4 members (excludes halogenated alkanes) is 18. The summed E-state index contributed by atoms with van der Waals surface area (Å²) in [5, 5.41) is 0. The van der Waals surface area contributed by atoms with Crippen LogP contribution in [-0.2, 0) is 0 Å². The van der Waals surface area contributed by atoms with Crippen LogP contribution in [0.15, 0.2) is 12.4 Å². The standard InChI is InChI=1S/C29H58N2/c1-4-7-9-11-13-15-16-17-18-19-21-23-25-29-30(6-3)27-28-31(29)26-24-22-20-14-12-10-8-5-2/h27-29H,4-26H2,1-3H3. The number of hydrogen-bond acceptors (Lipinski definition) is 2. The molecule has 0 aromatic rings. The fraction of sp³-hybridized carbons (Fsp3) is 0.931. The fourth-order valence-electron chi connectivity index (χ4n) is 5.03. The molecule has 1 unspecified atom stereocenters. The molecule has 0 saturated carbocycles. The maximum absolute atomic E-state index is 2.64. The molecule has 31 heavy (non-hydrogen) atoms. The average Bonchev–Trinajstić information content (AvgIpc) is 3.18. The number of hydrogen-bond donors (Lipinski definition) is 0. The van der Waals surface area contributed by atoms with Crippen LogP contribution < -0.4 is 0 Å². The van der Waals surface area contributed by atoms with Crippen LogP contribution in [0.3, 0.4) is 0 Å². The van der Waals surface area contributed by atoms with E-state index in [-0.39, 0.29) is 0 Å². The highest BCUT2D eigenvalue weighted by atomic mass is 15.4. The molecule has 1 rings (SSSR count). The Labute approximate surface area is 197 Å². The Morgan fingerprint density at radius 2 is 0.839 bits per heavy atom. The van der Waals surface area contributed by atoms with E-state index in [0.29, 0.717) is 6.17 Å². The van der Waals surface area contributed by atoms with E-state index in [9.17, 15) is 0 Å². The van der Waals surface area contributed by atoms with Crippen molar-refractivity contribution in [3.05, 3.63) is 12.4 Å². The van der Waals surface area contributed by atoms with Crippen molar-refractivity contribution in [3.8, 4) is 0 Å². The summed E-state index contributed by atoms with van der Waals surface area (Å²) >= 11 is 0. The van der Waals surface area contributed by atoms with Crippen molar-refractivity contribution < 1.29 is 0 Å². The first-order valence-electron chi connectivity index (χ1n) is 14.5. The molecule has 1 aliphatic rings. The molecule has 1 aliphatic heterocycles. The van der Waals surface area contributed by atoms with E-state index in [4.69, 9.17) is 0 Å². The molecule has 0 N–H and O–H groups in total. The predicted octanol–water partition coefficient (Wildman–Crippen LogP) is 9.65. The highest BCUT2D eigenvalue weighted by Gasteiger charge is 2.23. The summed E-state index contributed by atoms with van der Waals surface area (Å²) in [5.74, 6) is 0. The van der Waals surface area contributed by atoms with Crippen LogP contribution >= 0.6 is 0 Å². The number of rotatable bonds is 23. The van der Waals surface area contributed by atoms with Crippen LogP contribution in [0.2, 0.25) is 0 Å². The van der Waals surface area contributed by atoms with E-state index in [2.05, 4.69) is 43.0 Å². The second-order valence-electron chi connectivity index (χ2n) is 10.00. The van der Waals surface area contributed by atoms with Crippen LogP contribution in [0.25, 0.3) is 0 Å². The first-order valence-corrected chi connectivity index (χ1v) is 14.5. The van der Waals surface area contributed by atoms with E-state index in [0.717, 1.165) is 6.54 Å². The molecule has 0 amide bonds. The smallest absolute Gasteiger partial charge is 0.101 e. The molecule has 1 atom stereocenters. The highest BCUT2D eigenvalue weighted by Crippen LogP contribution is 2.22. The van der Waals surface area contributed by atoms with E-state index in [1.807, 2.05) is 0 Å². The first-order chi connectivity index (χ1) is 15.3. The summed E-state index contributed by atoms with van der Waals surface area (Å²) in [6.07, 6.45) is 35.3.